The molecule has 0 aliphatic carbocycles. The maximum absolute atomic E-state index is 13.0. The fraction of sp³-hybridized carbons (Fsp3) is 0.333. The minimum absolute atomic E-state index is 0.0995. The summed E-state index contributed by atoms with van der Waals surface area (Å²) in [5.41, 5.74) is 1.04. The number of nitrogens with one attached hydrogen (secondary N) is 3. The first-order valence-electron chi connectivity index (χ1n) is 10.1. The Morgan fingerprint density at radius 3 is 2.56 bits per heavy atom. The van der Waals surface area contributed by atoms with E-state index in [0.29, 0.717) is 17.5 Å². The lowest BCUT2D eigenvalue weighted by atomic mass is 9.98. The Labute approximate surface area is 188 Å². The highest BCUT2D eigenvalue weighted by atomic mass is 32.2. The average molecular weight is 479 g/mol. The molecule has 9 nitrogen and oxygen atoms in total. The Balaban J connectivity index is 1.83. The fourth-order valence-corrected chi connectivity index (χ4v) is 5.31. The second kappa shape index (κ2) is 9.39. The summed E-state index contributed by atoms with van der Waals surface area (Å²) in [7, 11) is -5.98. The molecule has 1 aliphatic rings. The zero-order valence-electron chi connectivity index (χ0n) is 18.0. The second-order valence-corrected chi connectivity index (χ2v) is 11.0. The molecule has 1 amide bonds. The lowest BCUT2D eigenvalue weighted by Crippen LogP contribution is -2.39. The molecule has 2 aromatic rings. The van der Waals surface area contributed by atoms with E-state index in [4.69, 9.17) is 0 Å². The largest absolute Gasteiger partial charge is 0.350 e. The number of carbonyl (C=O) groups is 1. The van der Waals surface area contributed by atoms with Crippen LogP contribution in [0.25, 0.3) is 0 Å². The monoisotopic (exact) mass is 478 g/mol. The van der Waals surface area contributed by atoms with Crippen LogP contribution in [-0.2, 0) is 31.4 Å². The van der Waals surface area contributed by atoms with Crippen LogP contribution in [0, 0.1) is 5.92 Å². The molecule has 0 aromatic heterocycles. The normalized spacial score (nSPS) is 17.9. The number of hydrogen-bond donors (Lipinski definition) is 3. The van der Waals surface area contributed by atoms with Gasteiger partial charge in [0.05, 0.1) is 9.79 Å². The van der Waals surface area contributed by atoms with Gasteiger partial charge in [-0.3, -0.25) is 14.5 Å². The molecular weight excluding hydrogens is 452 g/mol. The quantitative estimate of drug-likeness (QED) is 0.527. The van der Waals surface area contributed by atoms with Crippen molar-refractivity contribution in [3.8, 4) is 0 Å². The summed E-state index contributed by atoms with van der Waals surface area (Å²) in [4.78, 5) is 17.7. The molecule has 172 valence electrons. The molecule has 0 spiro atoms. The highest BCUT2D eigenvalue weighted by Gasteiger charge is 2.33. The molecule has 0 radical (unpaired) electrons. The molecule has 0 unspecified atom stereocenters. The SMILES string of the molecule is CC[C@H](C)[C@H](N=C1NS(=O)(=O)c2ccccc21)C(=O)NCc1cccc(S(=O)(=O)NC)c1. The zero-order valence-corrected chi connectivity index (χ0v) is 19.6. The molecule has 0 fully saturated rings. The Hall–Kier alpha value is -2.76. The summed E-state index contributed by atoms with van der Waals surface area (Å²) in [6.07, 6.45) is 0.652. The van der Waals surface area contributed by atoms with E-state index in [1.54, 1.807) is 30.3 Å². The van der Waals surface area contributed by atoms with Crippen LogP contribution in [-0.4, -0.2) is 41.7 Å². The number of carbonyl (C=O) groups excluding carboxylic acids is 1. The van der Waals surface area contributed by atoms with Crippen LogP contribution in [0.5, 0.6) is 0 Å². The minimum atomic E-state index is -3.71. The average Bonchev–Trinajstić information content (AvgIpc) is 3.05. The summed E-state index contributed by atoms with van der Waals surface area (Å²) in [6.45, 7) is 3.89. The summed E-state index contributed by atoms with van der Waals surface area (Å²) in [6, 6.07) is 11.9. The number of rotatable bonds is 8. The van der Waals surface area contributed by atoms with Gasteiger partial charge in [-0.1, -0.05) is 44.5 Å². The van der Waals surface area contributed by atoms with Gasteiger partial charge in [-0.25, -0.2) is 21.6 Å². The predicted octanol–water partition coefficient (Wildman–Crippen LogP) is 1.36. The standard InChI is InChI=1S/C21H26N4O5S2/c1-4-14(2)19(24-20-17-10-5-6-11-18(17)32(29,30)25-20)21(26)23-13-15-8-7-9-16(12-15)31(27,28)22-3/h5-12,14,19,22H,4,13H2,1-3H3,(H,23,26)(H,24,25)/t14-,19-/m0/s1. The van der Waals surface area contributed by atoms with Crippen LogP contribution in [0.15, 0.2) is 63.3 Å². The van der Waals surface area contributed by atoms with Gasteiger partial charge in [-0.15, -0.1) is 0 Å². The van der Waals surface area contributed by atoms with Crippen LogP contribution < -0.4 is 14.8 Å². The Kier molecular flexibility index (Phi) is 7.01. The molecule has 2 atom stereocenters. The number of benzene rings is 2. The summed E-state index contributed by atoms with van der Waals surface area (Å²) < 4.78 is 53.4. The van der Waals surface area contributed by atoms with Gasteiger partial charge in [-0.2, -0.15) is 0 Å². The summed E-state index contributed by atoms with van der Waals surface area (Å²) in [5.74, 6) is -0.392. The van der Waals surface area contributed by atoms with Gasteiger partial charge in [-0.05, 0) is 42.8 Å². The van der Waals surface area contributed by atoms with Crippen molar-refractivity contribution in [1.29, 1.82) is 0 Å². The van der Waals surface area contributed by atoms with E-state index in [0.717, 1.165) is 0 Å². The summed E-state index contributed by atoms with van der Waals surface area (Å²) in [5, 5.41) is 2.79. The third-order valence-electron chi connectivity index (χ3n) is 5.33. The van der Waals surface area contributed by atoms with E-state index in [9.17, 15) is 21.6 Å². The molecule has 1 heterocycles. The number of nitrogens with zero attached hydrogens (tertiary/aromatic N) is 1. The van der Waals surface area contributed by atoms with Gasteiger partial charge in [0.15, 0.2) is 0 Å². The lowest BCUT2D eigenvalue weighted by molar-refractivity contribution is -0.123. The van der Waals surface area contributed by atoms with Crippen molar-refractivity contribution in [2.45, 2.75) is 42.6 Å². The number of aliphatic imine (C=N–C) groups is 1. The van der Waals surface area contributed by atoms with Crippen molar-refractivity contribution in [3.63, 3.8) is 0 Å². The van der Waals surface area contributed by atoms with Crippen LogP contribution in [0.1, 0.15) is 31.4 Å². The number of fused-ring (bicyclic) bond motifs is 1. The topological polar surface area (TPSA) is 134 Å². The van der Waals surface area contributed by atoms with Crippen LogP contribution in [0.3, 0.4) is 0 Å². The zero-order chi connectivity index (χ0) is 23.5. The lowest BCUT2D eigenvalue weighted by Gasteiger charge is -2.19. The fourth-order valence-electron chi connectivity index (χ4n) is 3.27. The van der Waals surface area contributed by atoms with Crippen molar-refractivity contribution in [1.82, 2.24) is 14.8 Å². The van der Waals surface area contributed by atoms with Gasteiger partial charge in [0.25, 0.3) is 10.0 Å². The van der Waals surface area contributed by atoms with Gasteiger partial charge in [0, 0.05) is 12.1 Å². The molecular formula is C21H26N4O5S2. The first-order chi connectivity index (χ1) is 15.1. The van der Waals surface area contributed by atoms with Crippen molar-refractivity contribution in [2.24, 2.45) is 10.9 Å². The van der Waals surface area contributed by atoms with E-state index in [1.165, 1.54) is 25.2 Å². The first kappa shape index (κ1) is 23.9. The highest BCUT2D eigenvalue weighted by Crippen LogP contribution is 2.24. The van der Waals surface area contributed by atoms with E-state index in [2.05, 4.69) is 19.8 Å². The molecule has 1 aliphatic heterocycles. The molecule has 32 heavy (non-hydrogen) atoms. The predicted molar refractivity (Wildman–Crippen MR) is 121 cm³/mol. The van der Waals surface area contributed by atoms with E-state index < -0.39 is 26.1 Å². The van der Waals surface area contributed by atoms with Crippen molar-refractivity contribution >= 4 is 31.8 Å². The minimum Gasteiger partial charge on any atom is -0.350 e. The van der Waals surface area contributed by atoms with E-state index in [-0.39, 0.29) is 34.0 Å². The van der Waals surface area contributed by atoms with Crippen molar-refractivity contribution in [2.75, 3.05) is 7.05 Å². The van der Waals surface area contributed by atoms with Crippen molar-refractivity contribution < 1.29 is 21.6 Å². The van der Waals surface area contributed by atoms with Gasteiger partial charge in [0.2, 0.25) is 15.9 Å². The van der Waals surface area contributed by atoms with Crippen LogP contribution in [0.4, 0.5) is 0 Å². The molecule has 0 saturated carbocycles. The Bertz CT molecular complexity index is 1260. The third kappa shape index (κ3) is 5.00. The summed E-state index contributed by atoms with van der Waals surface area (Å²) >= 11 is 0. The van der Waals surface area contributed by atoms with Gasteiger partial charge < -0.3 is 5.32 Å². The third-order valence-corrected chi connectivity index (χ3v) is 8.14. The maximum atomic E-state index is 13.0. The van der Waals surface area contributed by atoms with Crippen LogP contribution in [0.2, 0.25) is 0 Å². The molecule has 11 heteroatoms. The smallest absolute Gasteiger partial charge is 0.263 e. The molecule has 3 rings (SSSR count). The van der Waals surface area contributed by atoms with E-state index in [1.807, 2.05) is 13.8 Å². The number of amidine groups is 1. The molecule has 3 N–H and O–H groups in total. The number of amides is 1. The van der Waals surface area contributed by atoms with E-state index >= 15 is 0 Å². The van der Waals surface area contributed by atoms with Crippen molar-refractivity contribution in [3.05, 3.63) is 59.7 Å². The number of hydrogen-bond acceptors (Lipinski definition) is 6. The van der Waals surface area contributed by atoms with Crippen LogP contribution >= 0.6 is 0 Å². The first-order valence-corrected chi connectivity index (χ1v) is 13.1. The Morgan fingerprint density at radius 2 is 1.88 bits per heavy atom. The maximum Gasteiger partial charge on any atom is 0.263 e. The molecule has 2 aromatic carbocycles. The molecule has 0 bridgehead atoms. The van der Waals surface area contributed by atoms with Gasteiger partial charge in [0.1, 0.15) is 11.9 Å². The van der Waals surface area contributed by atoms with Gasteiger partial charge >= 0.3 is 0 Å². The highest BCUT2D eigenvalue weighted by molar-refractivity contribution is 7.90. The number of sulfonamides is 2. The second-order valence-electron chi connectivity index (χ2n) is 7.48. The molecule has 0 saturated heterocycles. The Morgan fingerprint density at radius 1 is 1.16 bits per heavy atom.